The van der Waals surface area contributed by atoms with Gasteiger partial charge >= 0.3 is 0 Å². The number of benzene rings is 1. The lowest BCUT2D eigenvalue weighted by molar-refractivity contribution is 0.222. The van der Waals surface area contributed by atoms with Crippen molar-refractivity contribution in [2.75, 3.05) is 72.0 Å². The molecule has 2 fully saturated rings. The molecule has 2 aliphatic rings. The second kappa shape index (κ2) is 11.7. The molecule has 0 radical (unpaired) electrons. The Balaban J connectivity index is 1.43. The van der Waals surface area contributed by atoms with Gasteiger partial charge in [-0.05, 0) is 102 Å². The van der Waals surface area contributed by atoms with Crippen LogP contribution in [0.25, 0.3) is 22.3 Å². The summed E-state index contributed by atoms with van der Waals surface area (Å²) < 4.78 is 12.1. The van der Waals surface area contributed by atoms with Gasteiger partial charge in [0.2, 0.25) is 0 Å². The van der Waals surface area contributed by atoms with Crippen LogP contribution < -0.4 is 14.4 Å². The van der Waals surface area contributed by atoms with Gasteiger partial charge in [0.05, 0.1) is 30.6 Å². The fourth-order valence-electron chi connectivity index (χ4n) is 5.80. The Hall–Kier alpha value is -2.77. The van der Waals surface area contributed by atoms with Crippen molar-refractivity contribution in [1.82, 2.24) is 19.8 Å². The van der Waals surface area contributed by atoms with Gasteiger partial charge in [-0.1, -0.05) is 0 Å². The van der Waals surface area contributed by atoms with Crippen LogP contribution in [0.2, 0.25) is 0 Å². The minimum atomic E-state index is 0.677. The first kappa shape index (κ1) is 25.9. The number of piperidine rings is 1. The Kier molecular flexibility index (Phi) is 8.20. The van der Waals surface area contributed by atoms with Crippen molar-refractivity contribution >= 4 is 16.6 Å². The van der Waals surface area contributed by atoms with E-state index in [9.17, 15) is 0 Å². The first-order valence-corrected chi connectivity index (χ1v) is 13.9. The summed E-state index contributed by atoms with van der Waals surface area (Å²) in [4.78, 5) is 15.9. The number of pyridine rings is 1. The van der Waals surface area contributed by atoms with E-state index in [0.717, 1.165) is 59.0 Å². The molecule has 2 aromatic heterocycles. The molecule has 0 amide bonds. The molecule has 2 saturated heterocycles. The van der Waals surface area contributed by atoms with Gasteiger partial charge < -0.3 is 29.2 Å². The fraction of sp³-hybridized carbons (Fsp3) is 0.567. The van der Waals surface area contributed by atoms with E-state index < -0.39 is 0 Å². The summed E-state index contributed by atoms with van der Waals surface area (Å²) >= 11 is 0. The highest BCUT2D eigenvalue weighted by Crippen LogP contribution is 2.38. The zero-order valence-corrected chi connectivity index (χ0v) is 23.1. The van der Waals surface area contributed by atoms with Gasteiger partial charge in [0.25, 0.3) is 0 Å². The maximum Gasteiger partial charge on any atom is 0.163 e. The second-order valence-electron chi connectivity index (χ2n) is 11.0. The first-order valence-electron chi connectivity index (χ1n) is 13.9. The smallest absolute Gasteiger partial charge is 0.163 e. The molecule has 0 aliphatic carbocycles. The van der Waals surface area contributed by atoms with Gasteiger partial charge in [0, 0.05) is 43.0 Å². The number of H-pyrrole nitrogens is 1. The maximum atomic E-state index is 6.26. The van der Waals surface area contributed by atoms with Gasteiger partial charge in [0.15, 0.2) is 11.5 Å². The predicted octanol–water partition coefficient (Wildman–Crippen LogP) is 5.19. The number of fused-ring (bicyclic) bond motifs is 1. The van der Waals surface area contributed by atoms with Gasteiger partial charge in [-0.15, -0.1) is 0 Å². The van der Waals surface area contributed by atoms with Crippen LogP contribution >= 0.6 is 0 Å². The van der Waals surface area contributed by atoms with Crippen molar-refractivity contribution in [3.05, 3.63) is 36.0 Å². The molecule has 1 N–H and O–H groups in total. The first-order chi connectivity index (χ1) is 18.0. The molecule has 0 saturated carbocycles. The third-order valence-electron chi connectivity index (χ3n) is 8.04. The van der Waals surface area contributed by atoms with Crippen molar-refractivity contribution in [1.29, 1.82) is 0 Å². The molecular formula is C30H43N5O2. The number of likely N-dealkylation sites (tertiary alicyclic amines) is 2. The van der Waals surface area contributed by atoms with E-state index in [0.29, 0.717) is 12.5 Å². The third kappa shape index (κ3) is 6.21. The van der Waals surface area contributed by atoms with Crippen LogP contribution in [0.15, 0.2) is 30.3 Å². The van der Waals surface area contributed by atoms with Crippen LogP contribution in [0, 0.1) is 12.8 Å². The monoisotopic (exact) mass is 505 g/mol. The van der Waals surface area contributed by atoms with Crippen LogP contribution in [0.5, 0.6) is 11.5 Å². The lowest BCUT2D eigenvalue weighted by Crippen LogP contribution is -2.35. The van der Waals surface area contributed by atoms with Crippen LogP contribution in [0.4, 0.5) is 5.69 Å². The number of rotatable bonds is 10. The molecule has 0 spiro atoms. The quantitative estimate of drug-likeness (QED) is 0.383. The molecule has 37 heavy (non-hydrogen) atoms. The standard InChI is InChI=1S/C30H43N5O2/c1-22-8-9-25(31-22)27-19-28(34(3)21-23-10-15-33(2)16-11-23)24-18-29(36-4)30(20-26(24)32-27)37-17-7-14-35-12-5-6-13-35/h8-9,18-20,23,31H,5-7,10-17,21H2,1-4H3. The number of nitrogens with one attached hydrogen (secondary N) is 1. The van der Waals surface area contributed by atoms with E-state index in [-0.39, 0.29) is 0 Å². The Morgan fingerprint density at radius 2 is 1.84 bits per heavy atom. The van der Waals surface area contributed by atoms with Crippen LogP contribution in [-0.4, -0.2) is 86.8 Å². The number of hydrogen-bond donors (Lipinski definition) is 1. The molecule has 3 aromatic rings. The van der Waals surface area contributed by atoms with Crippen molar-refractivity contribution in [2.24, 2.45) is 5.92 Å². The number of anilines is 1. The number of aromatic amines is 1. The number of hydrogen-bond acceptors (Lipinski definition) is 6. The van der Waals surface area contributed by atoms with Crippen LogP contribution in [-0.2, 0) is 0 Å². The second-order valence-corrected chi connectivity index (χ2v) is 11.0. The highest BCUT2D eigenvalue weighted by molar-refractivity contribution is 5.96. The highest BCUT2D eigenvalue weighted by atomic mass is 16.5. The van der Waals surface area contributed by atoms with E-state index in [4.69, 9.17) is 14.5 Å². The molecule has 0 unspecified atom stereocenters. The SMILES string of the molecule is COc1cc2c(N(C)CC3CCN(C)CC3)cc(-c3ccc(C)[nH]3)nc2cc1OCCCN1CCCC1. The normalized spacial score (nSPS) is 17.5. The molecule has 200 valence electrons. The largest absolute Gasteiger partial charge is 0.493 e. The Morgan fingerprint density at radius 1 is 1.05 bits per heavy atom. The third-order valence-corrected chi connectivity index (χ3v) is 8.04. The number of methoxy groups -OCH3 is 1. The molecule has 7 heteroatoms. The maximum absolute atomic E-state index is 6.26. The van der Waals surface area contributed by atoms with Crippen molar-refractivity contribution in [3.8, 4) is 22.9 Å². The average Bonchev–Trinajstić information content (AvgIpc) is 3.58. The molecular weight excluding hydrogens is 462 g/mol. The Morgan fingerprint density at radius 3 is 2.54 bits per heavy atom. The Labute approximate surface area is 221 Å². The zero-order chi connectivity index (χ0) is 25.8. The van der Waals surface area contributed by atoms with E-state index >= 15 is 0 Å². The molecule has 2 aliphatic heterocycles. The number of aromatic nitrogens is 2. The summed E-state index contributed by atoms with van der Waals surface area (Å²) in [5.41, 5.74) is 5.25. The molecule has 0 bridgehead atoms. The minimum Gasteiger partial charge on any atom is -0.493 e. The van der Waals surface area contributed by atoms with Gasteiger partial charge in [-0.25, -0.2) is 4.98 Å². The number of nitrogens with zero attached hydrogens (tertiary/aromatic N) is 4. The summed E-state index contributed by atoms with van der Waals surface area (Å²) in [6.07, 6.45) is 6.14. The summed E-state index contributed by atoms with van der Waals surface area (Å²) in [5.74, 6) is 2.24. The zero-order valence-electron chi connectivity index (χ0n) is 23.1. The summed E-state index contributed by atoms with van der Waals surface area (Å²) in [6.45, 7) is 9.68. The Bertz CT molecular complexity index is 1180. The summed E-state index contributed by atoms with van der Waals surface area (Å²) in [6, 6.07) is 10.6. The number of ether oxygens (including phenoxy) is 2. The van der Waals surface area contributed by atoms with E-state index in [2.05, 4.69) is 71.0 Å². The molecule has 7 nitrogen and oxygen atoms in total. The lowest BCUT2D eigenvalue weighted by Gasteiger charge is -2.33. The van der Waals surface area contributed by atoms with E-state index in [1.54, 1.807) is 7.11 Å². The molecule has 5 rings (SSSR count). The van der Waals surface area contributed by atoms with Crippen molar-refractivity contribution in [3.63, 3.8) is 0 Å². The summed E-state index contributed by atoms with van der Waals surface area (Å²) in [5, 5.41) is 1.10. The molecule has 4 heterocycles. The van der Waals surface area contributed by atoms with Gasteiger partial charge in [-0.3, -0.25) is 0 Å². The topological polar surface area (TPSA) is 56.9 Å². The van der Waals surface area contributed by atoms with Gasteiger partial charge in [-0.2, -0.15) is 0 Å². The van der Waals surface area contributed by atoms with Gasteiger partial charge in [0.1, 0.15) is 0 Å². The highest BCUT2D eigenvalue weighted by Gasteiger charge is 2.21. The molecule has 1 aromatic carbocycles. The minimum absolute atomic E-state index is 0.677. The van der Waals surface area contributed by atoms with E-state index in [1.165, 1.54) is 57.5 Å². The average molecular weight is 506 g/mol. The molecule has 0 atom stereocenters. The van der Waals surface area contributed by atoms with Crippen molar-refractivity contribution in [2.45, 2.75) is 39.0 Å². The number of aryl methyl sites for hydroxylation is 1. The van der Waals surface area contributed by atoms with Crippen LogP contribution in [0.1, 0.15) is 37.8 Å². The lowest BCUT2D eigenvalue weighted by atomic mass is 9.96. The fourth-order valence-corrected chi connectivity index (χ4v) is 5.80. The van der Waals surface area contributed by atoms with Crippen molar-refractivity contribution < 1.29 is 9.47 Å². The predicted molar refractivity (Wildman–Crippen MR) is 152 cm³/mol. The summed E-state index contributed by atoms with van der Waals surface area (Å²) in [7, 11) is 6.16. The van der Waals surface area contributed by atoms with E-state index in [1.807, 2.05) is 0 Å². The van der Waals surface area contributed by atoms with Crippen LogP contribution in [0.3, 0.4) is 0 Å².